The van der Waals surface area contributed by atoms with Crippen molar-refractivity contribution in [3.05, 3.63) is 71.0 Å². The van der Waals surface area contributed by atoms with Crippen LogP contribution in [0.1, 0.15) is 42.9 Å². The molecule has 0 aromatic heterocycles. The van der Waals surface area contributed by atoms with E-state index in [4.69, 9.17) is 5.41 Å². The van der Waals surface area contributed by atoms with E-state index in [1.807, 2.05) is 0 Å². The van der Waals surface area contributed by atoms with Gasteiger partial charge in [0.1, 0.15) is 5.82 Å². The summed E-state index contributed by atoms with van der Waals surface area (Å²) in [6, 6.07) is 11.6. The Bertz CT molecular complexity index is 913. The number of nitrogens with one attached hydrogen (secondary N) is 2. The zero-order valence-corrected chi connectivity index (χ0v) is 15.9. The van der Waals surface area contributed by atoms with E-state index in [2.05, 4.69) is 5.32 Å². The molecule has 1 aliphatic heterocycles. The molecule has 28 heavy (non-hydrogen) atoms. The van der Waals surface area contributed by atoms with Crippen molar-refractivity contribution in [1.82, 2.24) is 10.2 Å². The summed E-state index contributed by atoms with van der Waals surface area (Å²) in [6.07, 6.45) is -0.330. The largest absolute Gasteiger partial charge is 0.346 e. The van der Waals surface area contributed by atoms with Gasteiger partial charge >= 0.3 is 0 Å². The van der Waals surface area contributed by atoms with Gasteiger partial charge in [-0.2, -0.15) is 0 Å². The fraction of sp³-hybridized carbons (Fsp3) is 0.333. The lowest BCUT2D eigenvalue weighted by atomic mass is 9.73. The highest BCUT2D eigenvalue weighted by Gasteiger charge is 2.49. The number of carbonyl (C=O) groups excluding carboxylic acids is 1. The molecule has 0 radical (unpaired) electrons. The van der Waals surface area contributed by atoms with E-state index in [0.29, 0.717) is 5.56 Å². The molecule has 2 aromatic carbocycles. The van der Waals surface area contributed by atoms with Gasteiger partial charge in [-0.3, -0.25) is 15.1 Å². The normalized spacial score (nSPS) is 22.9. The van der Waals surface area contributed by atoms with Crippen LogP contribution in [0.25, 0.3) is 0 Å². The number of likely N-dealkylation sites (N-methyl/N-ethyl adjacent to an activating group) is 1. The van der Waals surface area contributed by atoms with Crippen LogP contribution >= 0.6 is 0 Å². The van der Waals surface area contributed by atoms with Gasteiger partial charge in [0.15, 0.2) is 5.96 Å². The van der Waals surface area contributed by atoms with E-state index in [-0.39, 0.29) is 23.5 Å². The van der Waals surface area contributed by atoms with E-state index in [1.54, 1.807) is 25.1 Å². The molecule has 7 heteroatoms. The Kier molecular flexibility index (Phi) is 4.95. The van der Waals surface area contributed by atoms with Crippen molar-refractivity contribution in [3.63, 3.8) is 0 Å². The van der Waals surface area contributed by atoms with Gasteiger partial charge in [-0.15, -0.1) is 0 Å². The second kappa shape index (κ2) is 6.96. The van der Waals surface area contributed by atoms with Crippen LogP contribution in [0, 0.1) is 11.2 Å². The predicted octanol–water partition coefficient (Wildman–Crippen LogP) is 4.32. The van der Waals surface area contributed by atoms with Crippen LogP contribution in [0.3, 0.4) is 0 Å². The highest BCUT2D eigenvalue weighted by Crippen LogP contribution is 2.42. The zero-order valence-electron chi connectivity index (χ0n) is 15.9. The molecule has 2 atom stereocenters. The van der Waals surface area contributed by atoms with Crippen LogP contribution in [0.15, 0.2) is 48.5 Å². The standard InChI is InChI=1S/C21H22F3N3O/c1-4-21(23,24)14-11-9-13(10-12-14)17-18(28)27(3)19(25)26-20(17,2)15-7-5-6-8-16(15)22/h5-12,17H,4H2,1-3H3,(H2,25,26)/t17-,20+/m0/s1. The molecule has 148 valence electrons. The van der Waals surface area contributed by atoms with Crippen molar-refractivity contribution in [1.29, 1.82) is 5.41 Å². The Morgan fingerprint density at radius 3 is 2.36 bits per heavy atom. The molecule has 0 spiro atoms. The van der Waals surface area contributed by atoms with Crippen LogP contribution in [0.4, 0.5) is 13.2 Å². The van der Waals surface area contributed by atoms with Crippen molar-refractivity contribution in [2.45, 2.75) is 37.6 Å². The topological polar surface area (TPSA) is 56.2 Å². The van der Waals surface area contributed by atoms with Crippen molar-refractivity contribution >= 4 is 11.9 Å². The van der Waals surface area contributed by atoms with Gasteiger partial charge in [-0.05, 0) is 18.6 Å². The molecule has 1 amide bonds. The number of amides is 1. The first-order valence-electron chi connectivity index (χ1n) is 8.99. The Labute approximate surface area is 161 Å². The lowest BCUT2D eigenvalue weighted by Gasteiger charge is -2.46. The van der Waals surface area contributed by atoms with Crippen molar-refractivity contribution in [3.8, 4) is 0 Å². The van der Waals surface area contributed by atoms with Crippen molar-refractivity contribution in [2.75, 3.05) is 7.05 Å². The average molecular weight is 389 g/mol. The molecule has 1 fully saturated rings. The molecule has 1 saturated heterocycles. The van der Waals surface area contributed by atoms with E-state index in [0.717, 1.165) is 4.90 Å². The maximum absolute atomic E-state index is 14.6. The number of guanidine groups is 1. The number of carbonyl (C=O) groups is 1. The summed E-state index contributed by atoms with van der Waals surface area (Å²) in [6.45, 7) is 3.04. The number of hydrogen-bond acceptors (Lipinski definition) is 2. The van der Waals surface area contributed by atoms with Gasteiger partial charge in [0.05, 0.1) is 11.5 Å². The molecule has 3 rings (SSSR count). The fourth-order valence-corrected chi connectivity index (χ4v) is 3.66. The molecular weight excluding hydrogens is 367 g/mol. The number of hydrogen-bond donors (Lipinski definition) is 2. The number of benzene rings is 2. The lowest BCUT2D eigenvalue weighted by Crippen LogP contribution is -2.62. The SMILES string of the molecule is CCC(F)(F)c1ccc([C@H]2C(=O)N(C)C(=N)N[C@]2(C)c2ccccc2F)cc1. The smallest absolute Gasteiger partial charge is 0.273 e. The van der Waals surface area contributed by atoms with E-state index in [9.17, 15) is 18.0 Å². The molecule has 2 aromatic rings. The van der Waals surface area contributed by atoms with E-state index < -0.39 is 29.1 Å². The average Bonchev–Trinajstić information content (AvgIpc) is 2.67. The Morgan fingerprint density at radius 2 is 1.79 bits per heavy atom. The number of halogens is 3. The predicted molar refractivity (Wildman–Crippen MR) is 101 cm³/mol. The van der Waals surface area contributed by atoms with Crippen LogP contribution in [0.5, 0.6) is 0 Å². The van der Waals surface area contributed by atoms with Gasteiger partial charge < -0.3 is 5.32 Å². The fourth-order valence-electron chi connectivity index (χ4n) is 3.66. The van der Waals surface area contributed by atoms with Gasteiger partial charge in [-0.25, -0.2) is 13.2 Å². The molecule has 0 aliphatic carbocycles. The monoisotopic (exact) mass is 389 g/mol. The Morgan fingerprint density at radius 1 is 1.18 bits per heavy atom. The minimum atomic E-state index is -2.96. The third-order valence-corrected chi connectivity index (χ3v) is 5.41. The highest BCUT2D eigenvalue weighted by molar-refractivity contribution is 6.02. The maximum Gasteiger partial charge on any atom is 0.273 e. The number of rotatable bonds is 4. The van der Waals surface area contributed by atoms with Crippen LogP contribution in [-0.2, 0) is 16.3 Å². The third-order valence-electron chi connectivity index (χ3n) is 5.41. The van der Waals surface area contributed by atoms with Crippen LogP contribution in [0.2, 0.25) is 0 Å². The molecule has 0 bridgehead atoms. The zero-order chi connectivity index (χ0) is 20.7. The van der Waals surface area contributed by atoms with E-state index in [1.165, 1.54) is 44.3 Å². The molecule has 0 unspecified atom stereocenters. The second-order valence-electron chi connectivity index (χ2n) is 7.17. The quantitative estimate of drug-likeness (QED) is 0.818. The first kappa shape index (κ1) is 19.9. The molecule has 0 saturated carbocycles. The summed E-state index contributed by atoms with van der Waals surface area (Å²) >= 11 is 0. The van der Waals surface area contributed by atoms with Gasteiger partial charge in [0.25, 0.3) is 5.92 Å². The highest BCUT2D eigenvalue weighted by atomic mass is 19.3. The molecule has 2 N–H and O–H groups in total. The summed E-state index contributed by atoms with van der Waals surface area (Å²) in [4.78, 5) is 14.2. The second-order valence-corrected chi connectivity index (χ2v) is 7.17. The lowest BCUT2D eigenvalue weighted by molar-refractivity contribution is -0.131. The first-order chi connectivity index (χ1) is 13.1. The first-order valence-corrected chi connectivity index (χ1v) is 8.99. The van der Waals surface area contributed by atoms with Gasteiger partial charge in [-0.1, -0.05) is 49.4 Å². The minimum Gasteiger partial charge on any atom is -0.346 e. The molecular formula is C21H22F3N3O. The van der Waals surface area contributed by atoms with Crippen molar-refractivity contribution < 1.29 is 18.0 Å². The molecule has 1 aliphatic rings. The Balaban J connectivity index is 2.13. The summed E-state index contributed by atoms with van der Waals surface area (Å²) in [5.41, 5.74) is -0.683. The Hall–Kier alpha value is -2.83. The summed E-state index contributed by atoms with van der Waals surface area (Å²) in [7, 11) is 1.45. The molecule has 1 heterocycles. The van der Waals surface area contributed by atoms with Crippen LogP contribution < -0.4 is 5.32 Å². The van der Waals surface area contributed by atoms with E-state index >= 15 is 0 Å². The van der Waals surface area contributed by atoms with Crippen LogP contribution in [-0.4, -0.2) is 23.8 Å². The summed E-state index contributed by atoms with van der Waals surface area (Å²) in [5.74, 6) is -4.93. The molecule has 4 nitrogen and oxygen atoms in total. The number of alkyl halides is 2. The van der Waals surface area contributed by atoms with Crippen molar-refractivity contribution in [2.24, 2.45) is 0 Å². The van der Waals surface area contributed by atoms with Gasteiger partial charge in [0, 0.05) is 24.6 Å². The van der Waals surface area contributed by atoms with Gasteiger partial charge in [0.2, 0.25) is 5.91 Å². The number of nitrogens with zero attached hydrogens (tertiary/aromatic N) is 1. The minimum absolute atomic E-state index is 0.136. The summed E-state index contributed by atoms with van der Waals surface area (Å²) in [5, 5.41) is 11.0. The third kappa shape index (κ3) is 3.15. The summed E-state index contributed by atoms with van der Waals surface area (Å²) < 4.78 is 42.5. The maximum atomic E-state index is 14.6.